The molecule has 5 heteroatoms. The third kappa shape index (κ3) is 5.70. The van der Waals surface area contributed by atoms with Crippen molar-refractivity contribution < 1.29 is 0 Å². The molecule has 0 aliphatic heterocycles. The first-order chi connectivity index (χ1) is 29.7. The summed E-state index contributed by atoms with van der Waals surface area (Å²) < 4.78 is 5.01. The zero-order chi connectivity index (χ0) is 39.6. The number of nitrogens with zero attached hydrogens (tertiary/aromatic N) is 4. The van der Waals surface area contributed by atoms with Crippen molar-refractivity contribution in [3.63, 3.8) is 0 Å². The average Bonchev–Trinajstić information content (AvgIpc) is 3.88. The van der Waals surface area contributed by atoms with Gasteiger partial charge in [-0.05, 0) is 51.7 Å². The molecule has 12 aromatic rings. The molecule has 60 heavy (non-hydrogen) atoms. The van der Waals surface area contributed by atoms with E-state index in [2.05, 4.69) is 193 Å². The Kier molecular flexibility index (Phi) is 8.00. The number of aromatic nitrogens is 4. The molecule has 0 radical (unpaired) electrons. The van der Waals surface area contributed by atoms with Gasteiger partial charge in [-0.25, -0.2) is 15.0 Å². The van der Waals surface area contributed by atoms with Crippen molar-refractivity contribution in [2.75, 3.05) is 0 Å². The van der Waals surface area contributed by atoms with Gasteiger partial charge in [-0.15, -0.1) is 11.3 Å². The van der Waals surface area contributed by atoms with Gasteiger partial charge in [0.25, 0.3) is 0 Å². The van der Waals surface area contributed by atoms with E-state index in [1.165, 1.54) is 47.3 Å². The molecular formula is C55H34N4S. The van der Waals surface area contributed by atoms with Crippen molar-refractivity contribution in [1.29, 1.82) is 0 Å². The summed E-state index contributed by atoms with van der Waals surface area (Å²) in [6.07, 6.45) is 0. The van der Waals surface area contributed by atoms with E-state index in [9.17, 15) is 0 Å². The van der Waals surface area contributed by atoms with Crippen LogP contribution in [-0.4, -0.2) is 19.5 Å². The van der Waals surface area contributed by atoms with E-state index in [0.29, 0.717) is 17.5 Å². The van der Waals surface area contributed by atoms with Gasteiger partial charge in [-0.1, -0.05) is 182 Å². The van der Waals surface area contributed by atoms with E-state index in [0.717, 1.165) is 50.1 Å². The first-order valence-corrected chi connectivity index (χ1v) is 21.0. The van der Waals surface area contributed by atoms with Gasteiger partial charge in [0.1, 0.15) is 0 Å². The van der Waals surface area contributed by atoms with Gasteiger partial charge in [0.2, 0.25) is 0 Å². The van der Waals surface area contributed by atoms with E-state index in [-0.39, 0.29) is 0 Å². The third-order valence-electron chi connectivity index (χ3n) is 11.7. The van der Waals surface area contributed by atoms with Crippen molar-refractivity contribution in [1.82, 2.24) is 19.5 Å². The van der Waals surface area contributed by atoms with Crippen LogP contribution >= 0.6 is 11.3 Å². The van der Waals surface area contributed by atoms with Crippen LogP contribution in [0, 0.1) is 0 Å². The second-order valence-electron chi connectivity index (χ2n) is 15.2. The molecule has 0 aliphatic carbocycles. The highest BCUT2D eigenvalue weighted by Gasteiger charge is 2.19. The molecule has 0 saturated heterocycles. The molecule has 0 atom stereocenters. The lowest BCUT2D eigenvalue weighted by molar-refractivity contribution is 1.07. The molecule has 0 fully saturated rings. The van der Waals surface area contributed by atoms with Gasteiger partial charge in [0, 0.05) is 53.2 Å². The molecule has 0 N–H and O–H groups in total. The van der Waals surface area contributed by atoms with E-state index in [1.54, 1.807) is 0 Å². The Bertz CT molecular complexity index is 3530. The summed E-state index contributed by atoms with van der Waals surface area (Å²) >= 11 is 1.87. The Morgan fingerprint density at radius 2 is 0.850 bits per heavy atom. The zero-order valence-corrected chi connectivity index (χ0v) is 33.1. The van der Waals surface area contributed by atoms with Crippen LogP contribution in [0.15, 0.2) is 206 Å². The van der Waals surface area contributed by atoms with Crippen molar-refractivity contribution in [3.05, 3.63) is 206 Å². The number of hydrogen-bond donors (Lipinski definition) is 0. The number of benzene rings is 9. The highest BCUT2D eigenvalue weighted by molar-refractivity contribution is 7.26. The minimum atomic E-state index is 0.618. The maximum absolute atomic E-state index is 5.21. The van der Waals surface area contributed by atoms with Gasteiger partial charge in [-0.3, -0.25) is 0 Å². The maximum Gasteiger partial charge on any atom is 0.164 e. The fourth-order valence-corrected chi connectivity index (χ4v) is 10.0. The Morgan fingerprint density at radius 3 is 1.55 bits per heavy atom. The standard InChI is InChI=1S/C55H34N4S/c1-3-13-36(14-4-1)42-30-29-41(33-50(42)59-48-21-11-9-19-44(48)45-20-10-12-22-49(45)59)55-57-53(38-16-5-2-6-17-38)56-54(58-55)39-25-23-35(24-26-39)40-28-31-46-47-32-27-37-15-7-8-18-43(37)52(47)60-51(46)34-40/h1-34H. The second kappa shape index (κ2) is 14.0. The number of thiophene rings is 1. The predicted octanol–water partition coefficient (Wildman–Crippen LogP) is 14.8. The molecule has 3 heterocycles. The van der Waals surface area contributed by atoms with E-state index in [4.69, 9.17) is 15.0 Å². The molecule has 280 valence electrons. The van der Waals surface area contributed by atoms with Gasteiger partial charge in [0.05, 0.1) is 16.7 Å². The topological polar surface area (TPSA) is 43.6 Å². The minimum absolute atomic E-state index is 0.618. The van der Waals surface area contributed by atoms with E-state index in [1.807, 2.05) is 29.5 Å². The van der Waals surface area contributed by atoms with Crippen LogP contribution in [0.4, 0.5) is 0 Å². The van der Waals surface area contributed by atoms with Crippen LogP contribution in [0.2, 0.25) is 0 Å². The molecule has 0 bridgehead atoms. The predicted molar refractivity (Wildman–Crippen MR) is 252 cm³/mol. The van der Waals surface area contributed by atoms with Crippen molar-refractivity contribution in [3.8, 4) is 62.1 Å². The van der Waals surface area contributed by atoms with Crippen LogP contribution < -0.4 is 0 Å². The highest BCUT2D eigenvalue weighted by atomic mass is 32.1. The normalized spacial score (nSPS) is 11.7. The van der Waals surface area contributed by atoms with Crippen LogP contribution in [0.25, 0.3) is 115 Å². The summed E-state index contributed by atoms with van der Waals surface area (Å²) in [5, 5.41) is 7.62. The van der Waals surface area contributed by atoms with Crippen molar-refractivity contribution >= 4 is 64.1 Å². The van der Waals surface area contributed by atoms with Crippen LogP contribution in [0.3, 0.4) is 0 Å². The number of fused-ring (bicyclic) bond motifs is 8. The smallest absolute Gasteiger partial charge is 0.164 e. The van der Waals surface area contributed by atoms with Crippen molar-refractivity contribution in [2.45, 2.75) is 0 Å². The fraction of sp³-hybridized carbons (Fsp3) is 0. The van der Waals surface area contributed by atoms with Crippen LogP contribution in [-0.2, 0) is 0 Å². The second-order valence-corrected chi connectivity index (χ2v) is 16.2. The molecule has 4 nitrogen and oxygen atoms in total. The highest BCUT2D eigenvalue weighted by Crippen LogP contribution is 2.41. The lowest BCUT2D eigenvalue weighted by Crippen LogP contribution is -2.02. The lowest BCUT2D eigenvalue weighted by Gasteiger charge is -2.16. The lowest BCUT2D eigenvalue weighted by atomic mass is 10.0. The third-order valence-corrected chi connectivity index (χ3v) is 12.9. The molecule has 0 aliphatic rings. The molecule has 0 amide bonds. The summed E-state index contributed by atoms with van der Waals surface area (Å²) in [6.45, 7) is 0. The monoisotopic (exact) mass is 782 g/mol. The van der Waals surface area contributed by atoms with Gasteiger partial charge >= 0.3 is 0 Å². The minimum Gasteiger partial charge on any atom is -0.309 e. The van der Waals surface area contributed by atoms with Crippen molar-refractivity contribution in [2.24, 2.45) is 0 Å². The molecule has 9 aromatic carbocycles. The fourth-order valence-electron chi connectivity index (χ4n) is 8.75. The first-order valence-electron chi connectivity index (χ1n) is 20.2. The molecule has 0 spiro atoms. The Morgan fingerprint density at radius 1 is 0.333 bits per heavy atom. The Balaban J connectivity index is 0.989. The maximum atomic E-state index is 5.21. The molecular weight excluding hydrogens is 749 g/mol. The van der Waals surface area contributed by atoms with Crippen LogP contribution in [0.1, 0.15) is 0 Å². The van der Waals surface area contributed by atoms with E-state index >= 15 is 0 Å². The van der Waals surface area contributed by atoms with Gasteiger partial charge in [-0.2, -0.15) is 0 Å². The molecule has 12 rings (SSSR count). The van der Waals surface area contributed by atoms with E-state index < -0.39 is 0 Å². The SMILES string of the molecule is c1ccc(-c2nc(-c3ccc(-c4ccc5c(c4)sc4c6ccccc6ccc54)cc3)nc(-c3ccc(-c4ccccc4)c(-n4c5ccccc5c5ccccc54)c3)n2)cc1. The molecule has 0 saturated carbocycles. The summed E-state index contributed by atoms with van der Waals surface area (Å²) in [7, 11) is 0. The number of rotatable bonds is 6. The first kappa shape index (κ1) is 34.3. The quantitative estimate of drug-likeness (QED) is 0.169. The Hall–Kier alpha value is -7.73. The summed E-state index contributed by atoms with van der Waals surface area (Å²) in [5.41, 5.74) is 10.7. The largest absolute Gasteiger partial charge is 0.309 e. The molecule has 3 aromatic heterocycles. The van der Waals surface area contributed by atoms with Crippen LogP contribution in [0.5, 0.6) is 0 Å². The summed E-state index contributed by atoms with van der Waals surface area (Å²) in [6, 6.07) is 73.3. The molecule has 0 unspecified atom stereocenters. The summed E-state index contributed by atoms with van der Waals surface area (Å²) in [5.74, 6) is 1.88. The van der Waals surface area contributed by atoms with Gasteiger partial charge < -0.3 is 4.57 Å². The number of hydrogen-bond acceptors (Lipinski definition) is 4. The summed E-state index contributed by atoms with van der Waals surface area (Å²) in [4.78, 5) is 15.4. The Labute approximate surface area is 350 Å². The zero-order valence-electron chi connectivity index (χ0n) is 32.3. The average molecular weight is 783 g/mol. The van der Waals surface area contributed by atoms with Gasteiger partial charge in [0.15, 0.2) is 17.5 Å². The number of para-hydroxylation sites is 2.